The van der Waals surface area contributed by atoms with Crippen LogP contribution in [0.15, 0.2) is 6.20 Å². The quantitative estimate of drug-likeness (QED) is 0.554. The van der Waals surface area contributed by atoms with Crippen molar-refractivity contribution in [2.24, 2.45) is 0 Å². The Labute approximate surface area is 134 Å². The van der Waals surface area contributed by atoms with Crippen LogP contribution in [0.25, 0.3) is 0 Å². The van der Waals surface area contributed by atoms with Gasteiger partial charge in [-0.2, -0.15) is 0 Å². The summed E-state index contributed by atoms with van der Waals surface area (Å²) in [5, 5.41) is 25.0. The highest BCUT2D eigenvalue weighted by Gasteiger charge is 2.32. The second-order valence-electron chi connectivity index (χ2n) is 5.51. The molecule has 1 aliphatic heterocycles. The molecule has 1 aliphatic rings. The molecule has 0 aromatic carbocycles. The number of piperazine rings is 1. The van der Waals surface area contributed by atoms with Crippen molar-refractivity contribution in [1.82, 2.24) is 20.5 Å². The number of nitrogens with zero attached hydrogens (tertiary/aromatic N) is 2. The number of rotatable bonds is 5. The van der Waals surface area contributed by atoms with Crippen molar-refractivity contribution in [3.05, 3.63) is 23.0 Å². The summed E-state index contributed by atoms with van der Waals surface area (Å²) in [4.78, 5) is 29.6. The minimum absolute atomic E-state index is 0.0150. The first-order chi connectivity index (χ1) is 11.0. The van der Waals surface area contributed by atoms with E-state index in [-0.39, 0.29) is 37.1 Å². The normalized spacial score (nSPS) is 18.6. The second-order valence-corrected chi connectivity index (χ2v) is 5.51. The molecule has 2 rings (SSSR count). The summed E-state index contributed by atoms with van der Waals surface area (Å²) >= 11 is 0. The van der Waals surface area contributed by atoms with Gasteiger partial charge in [0.1, 0.15) is 5.75 Å². The summed E-state index contributed by atoms with van der Waals surface area (Å²) in [6.45, 7) is 2.71. The van der Waals surface area contributed by atoms with Crippen LogP contribution in [0.2, 0.25) is 0 Å². The topological polar surface area (TPSA) is 115 Å². The van der Waals surface area contributed by atoms with E-state index in [9.17, 15) is 19.8 Å². The fourth-order valence-corrected chi connectivity index (χ4v) is 2.65. The molecular formula is C15H22N4O4. The average molecular weight is 322 g/mol. The van der Waals surface area contributed by atoms with E-state index in [1.165, 1.54) is 13.2 Å². The molecule has 2 amide bonds. The lowest BCUT2D eigenvalue weighted by Crippen LogP contribution is -2.56. The van der Waals surface area contributed by atoms with Crippen LogP contribution < -0.4 is 10.6 Å². The van der Waals surface area contributed by atoms with E-state index < -0.39 is 6.04 Å². The van der Waals surface area contributed by atoms with E-state index >= 15 is 0 Å². The Hall–Kier alpha value is -2.19. The molecular weight excluding hydrogens is 300 g/mol. The van der Waals surface area contributed by atoms with Gasteiger partial charge in [-0.3, -0.25) is 19.5 Å². The highest BCUT2D eigenvalue weighted by atomic mass is 16.3. The Bertz CT molecular complexity index is 605. The van der Waals surface area contributed by atoms with Crippen LogP contribution in [0.1, 0.15) is 23.2 Å². The van der Waals surface area contributed by atoms with E-state index in [0.29, 0.717) is 29.9 Å². The Balaban J connectivity index is 2.27. The van der Waals surface area contributed by atoms with Gasteiger partial charge in [0.05, 0.1) is 24.8 Å². The van der Waals surface area contributed by atoms with Crippen molar-refractivity contribution in [3.63, 3.8) is 0 Å². The number of aromatic nitrogens is 1. The molecule has 0 unspecified atom stereocenters. The zero-order chi connectivity index (χ0) is 17.0. The van der Waals surface area contributed by atoms with Gasteiger partial charge in [-0.1, -0.05) is 0 Å². The second kappa shape index (κ2) is 7.38. The predicted octanol–water partition coefficient (Wildman–Crippen LogP) is -0.976. The van der Waals surface area contributed by atoms with Gasteiger partial charge in [0.15, 0.2) is 0 Å². The maximum Gasteiger partial charge on any atom is 0.237 e. The fourth-order valence-electron chi connectivity index (χ4n) is 2.65. The van der Waals surface area contributed by atoms with Gasteiger partial charge in [0.25, 0.3) is 0 Å². The Morgan fingerprint density at radius 1 is 1.57 bits per heavy atom. The third-order valence-corrected chi connectivity index (χ3v) is 4.06. The van der Waals surface area contributed by atoms with Crippen LogP contribution in [-0.4, -0.2) is 58.1 Å². The van der Waals surface area contributed by atoms with E-state index in [1.54, 1.807) is 6.92 Å². The highest BCUT2D eigenvalue weighted by molar-refractivity contribution is 5.88. The summed E-state index contributed by atoms with van der Waals surface area (Å²) in [5.41, 5.74) is 1.51. The molecule has 8 nitrogen and oxygen atoms in total. The smallest absolute Gasteiger partial charge is 0.237 e. The number of amides is 2. The van der Waals surface area contributed by atoms with Crippen LogP contribution in [0, 0.1) is 6.92 Å². The summed E-state index contributed by atoms with van der Waals surface area (Å²) < 4.78 is 0. The predicted molar refractivity (Wildman–Crippen MR) is 82.5 cm³/mol. The van der Waals surface area contributed by atoms with E-state index in [0.717, 1.165) is 0 Å². The molecule has 1 aromatic heterocycles. The molecule has 23 heavy (non-hydrogen) atoms. The van der Waals surface area contributed by atoms with E-state index in [2.05, 4.69) is 15.6 Å². The van der Waals surface area contributed by atoms with Crippen molar-refractivity contribution in [3.8, 4) is 5.75 Å². The number of aliphatic hydroxyl groups excluding tert-OH is 1. The van der Waals surface area contributed by atoms with E-state index in [1.807, 2.05) is 4.90 Å². The van der Waals surface area contributed by atoms with Crippen LogP contribution >= 0.6 is 0 Å². The third kappa shape index (κ3) is 3.77. The standard InChI is InChI=1S/C15H22N4O4/c1-9-14(22)11(10(8-20)6-18-9)7-19-4-3-17-15(23)12(19)5-13(21)16-2/h6,12,20,22H,3-5,7-8H2,1-2H3,(H,16,21)(H,17,23)/t12-/m1/s1. The van der Waals surface area contributed by atoms with Gasteiger partial charge in [-0.15, -0.1) is 0 Å². The molecule has 0 spiro atoms. The number of aryl methyl sites for hydroxylation is 1. The van der Waals surface area contributed by atoms with Crippen molar-refractivity contribution in [1.29, 1.82) is 0 Å². The molecule has 4 N–H and O–H groups in total. The maximum atomic E-state index is 12.1. The van der Waals surface area contributed by atoms with Crippen LogP contribution in [0.5, 0.6) is 5.75 Å². The van der Waals surface area contributed by atoms with Gasteiger partial charge in [-0.05, 0) is 6.92 Å². The van der Waals surface area contributed by atoms with Crippen LogP contribution in [0.4, 0.5) is 0 Å². The van der Waals surface area contributed by atoms with Gasteiger partial charge >= 0.3 is 0 Å². The molecule has 2 heterocycles. The molecule has 0 radical (unpaired) electrons. The Morgan fingerprint density at radius 2 is 2.30 bits per heavy atom. The molecule has 1 saturated heterocycles. The summed E-state index contributed by atoms with van der Waals surface area (Å²) in [6.07, 6.45) is 1.56. The SMILES string of the molecule is CNC(=O)C[C@@H]1C(=O)NCCN1Cc1c(CO)cnc(C)c1O. The van der Waals surface area contributed by atoms with Gasteiger partial charge in [-0.25, -0.2) is 0 Å². The molecule has 1 atom stereocenters. The Morgan fingerprint density at radius 3 is 2.96 bits per heavy atom. The number of aromatic hydroxyl groups is 1. The summed E-state index contributed by atoms with van der Waals surface area (Å²) in [7, 11) is 1.52. The third-order valence-electron chi connectivity index (χ3n) is 4.06. The lowest BCUT2D eigenvalue weighted by Gasteiger charge is -2.35. The molecule has 1 fully saturated rings. The summed E-state index contributed by atoms with van der Waals surface area (Å²) in [6, 6.07) is -0.608. The molecule has 126 valence electrons. The largest absolute Gasteiger partial charge is 0.506 e. The first-order valence-electron chi connectivity index (χ1n) is 7.47. The first-order valence-corrected chi connectivity index (χ1v) is 7.47. The maximum absolute atomic E-state index is 12.1. The zero-order valence-corrected chi connectivity index (χ0v) is 13.3. The van der Waals surface area contributed by atoms with Gasteiger partial charge in [0, 0.05) is 44.0 Å². The van der Waals surface area contributed by atoms with E-state index in [4.69, 9.17) is 0 Å². The molecule has 0 saturated carbocycles. The number of pyridine rings is 1. The number of hydrogen-bond donors (Lipinski definition) is 4. The first kappa shape index (κ1) is 17.2. The number of carbonyl (C=O) groups excluding carboxylic acids is 2. The number of carbonyl (C=O) groups is 2. The molecule has 0 aliphatic carbocycles. The number of aliphatic hydroxyl groups is 1. The number of nitrogens with one attached hydrogen (secondary N) is 2. The van der Waals surface area contributed by atoms with Gasteiger partial charge in [0.2, 0.25) is 11.8 Å². The fraction of sp³-hybridized carbons (Fsp3) is 0.533. The van der Waals surface area contributed by atoms with Crippen molar-refractivity contribution < 1.29 is 19.8 Å². The lowest BCUT2D eigenvalue weighted by molar-refractivity contribution is -0.134. The van der Waals surface area contributed by atoms with Crippen molar-refractivity contribution in [2.75, 3.05) is 20.1 Å². The molecule has 0 bridgehead atoms. The zero-order valence-electron chi connectivity index (χ0n) is 13.3. The minimum atomic E-state index is -0.608. The number of hydrogen-bond acceptors (Lipinski definition) is 6. The monoisotopic (exact) mass is 322 g/mol. The summed E-state index contributed by atoms with van der Waals surface area (Å²) in [5.74, 6) is -0.425. The van der Waals surface area contributed by atoms with Crippen molar-refractivity contribution >= 4 is 11.8 Å². The van der Waals surface area contributed by atoms with Crippen molar-refractivity contribution in [2.45, 2.75) is 32.5 Å². The molecule has 8 heteroatoms. The van der Waals surface area contributed by atoms with Crippen LogP contribution in [-0.2, 0) is 22.7 Å². The highest BCUT2D eigenvalue weighted by Crippen LogP contribution is 2.27. The molecule has 1 aromatic rings. The van der Waals surface area contributed by atoms with Crippen LogP contribution in [0.3, 0.4) is 0 Å². The Kier molecular flexibility index (Phi) is 5.51. The average Bonchev–Trinajstić information content (AvgIpc) is 2.55. The van der Waals surface area contributed by atoms with Gasteiger partial charge < -0.3 is 20.8 Å². The lowest BCUT2D eigenvalue weighted by atomic mass is 10.0. The minimum Gasteiger partial charge on any atom is -0.506 e.